The van der Waals surface area contributed by atoms with Crippen LogP contribution in [-0.2, 0) is 4.74 Å². The average Bonchev–Trinajstić information content (AvgIpc) is 2.00. The minimum absolute atomic E-state index is 0.144. The highest BCUT2D eigenvalue weighted by Crippen LogP contribution is 1.94. The lowest BCUT2D eigenvalue weighted by atomic mass is 10.2. The van der Waals surface area contributed by atoms with Gasteiger partial charge >= 0.3 is 0 Å². The first-order valence-corrected chi connectivity index (χ1v) is 4.29. The molecule has 5 nitrogen and oxygen atoms in total. The molecule has 0 bridgehead atoms. The number of hydrogen-bond acceptors (Lipinski definition) is 5. The second kappa shape index (κ2) is 7.23. The number of rotatable bonds is 7. The number of ether oxygens (including phenoxy) is 1. The van der Waals surface area contributed by atoms with E-state index in [1.807, 2.05) is 19.0 Å². The van der Waals surface area contributed by atoms with Crippen molar-refractivity contribution in [2.45, 2.75) is 18.8 Å². The Kier molecular flexibility index (Phi) is 7.12. The Labute approximate surface area is 78.5 Å². The lowest BCUT2D eigenvalue weighted by molar-refractivity contribution is -0.105. The third-order valence-electron chi connectivity index (χ3n) is 1.49. The number of aliphatic hydroxyl groups excluding tert-OH is 2. The molecule has 0 aliphatic heterocycles. The van der Waals surface area contributed by atoms with Gasteiger partial charge in [0.1, 0.15) is 0 Å². The van der Waals surface area contributed by atoms with Gasteiger partial charge in [-0.1, -0.05) is 0 Å². The SMILES string of the molecule is CN(C)CCC(O)COCC(O)O. The van der Waals surface area contributed by atoms with Gasteiger partial charge in [-0.25, -0.2) is 0 Å². The van der Waals surface area contributed by atoms with Gasteiger partial charge in [-0.3, -0.25) is 0 Å². The molecule has 0 aromatic carbocycles. The molecule has 0 aliphatic carbocycles. The van der Waals surface area contributed by atoms with Crippen molar-refractivity contribution in [3.63, 3.8) is 0 Å². The molecule has 1 unspecified atom stereocenters. The minimum Gasteiger partial charge on any atom is -0.391 e. The molecule has 0 aliphatic rings. The summed E-state index contributed by atoms with van der Waals surface area (Å²) in [6.45, 7) is 0.774. The maximum absolute atomic E-state index is 9.30. The highest BCUT2D eigenvalue weighted by Gasteiger charge is 2.05. The summed E-state index contributed by atoms with van der Waals surface area (Å²) in [7, 11) is 3.84. The Morgan fingerprint density at radius 2 is 1.77 bits per heavy atom. The number of nitrogens with zero attached hydrogens (tertiary/aromatic N) is 1. The van der Waals surface area contributed by atoms with Crippen LogP contribution in [0.15, 0.2) is 0 Å². The fraction of sp³-hybridized carbons (Fsp3) is 1.00. The quantitative estimate of drug-likeness (QED) is 0.435. The van der Waals surface area contributed by atoms with Crippen LogP contribution in [0.2, 0.25) is 0 Å². The summed E-state index contributed by atoms with van der Waals surface area (Å²) >= 11 is 0. The van der Waals surface area contributed by atoms with Crippen molar-refractivity contribution in [2.24, 2.45) is 0 Å². The van der Waals surface area contributed by atoms with E-state index < -0.39 is 12.4 Å². The van der Waals surface area contributed by atoms with Crippen molar-refractivity contribution in [2.75, 3.05) is 33.9 Å². The molecule has 0 saturated heterocycles. The van der Waals surface area contributed by atoms with Crippen LogP contribution in [0, 0.1) is 0 Å². The molecular formula is C8H19NO4. The summed E-state index contributed by atoms with van der Waals surface area (Å²) in [6.07, 6.45) is -1.38. The van der Waals surface area contributed by atoms with Crippen molar-refractivity contribution in [1.82, 2.24) is 4.90 Å². The van der Waals surface area contributed by atoms with Crippen molar-refractivity contribution < 1.29 is 20.1 Å². The van der Waals surface area contributed by atoms with Crippen LogP contribution in [0.3, 0.4) is 0 Å². The standard InChI is InChI=1S/C8H19NO4/c1-9(2)4-3-7(10)5-13-6-8(11)12/h7-8,10-12H,3-6H2,1-2H3. The number of aliphatic hydroxyl groups is 3. The predicted molar refractivity (Wildman–Crippen MR) is 48.2 cm³/mol. The lowest BCUT2D eigenvalue weighted by Gasteiger charge is -2.14. The van der Waals surface area contributed by atoms with E-state index in [9.17, 15) is 5.11 Å². The molecule has 13 heavy (non-hydrogen) atoms. The van der Waals surface area contributed by atoms with Gasteiger partial charge in [0.25, 0.3) is 0 Å². The van der Waals surface area contributed by atoms with E-state index in [1.54, 1.807) is 0 Å². The summed E-state index contributed by atoms with van der Waals surface area (Å²) in [4.78, 5) is 1.96. The molecule has 0 rings (SSSR count). The maximum Gasteiger partial charge on any atom is 0.175 e. The highest BCUT2D eigenvalue weighted by molar-refractivity contribution is 4.56. The molecule has 0 radical (unpaired) electrons. The molecule has 3 N–H and O–H groups in total. The van der Waals surface area contributed by atoms with E-state index in [4.69, 9.17) is 14.9 Å². The van der Waals surface area contributed by atoms with Crippen molar-refractivity contribution in [3.8, 4) is 0 Å². The molecule has 0 amide bonds. The number of hydrogen-bond donors (Lipinski definition) is 3. The molecule has 0 spiro atoms. The van der Waals surface area contributed by atoms with Gasteiger partial charge in [0, 0.05) is 6.54 Å². The zero-order chi connectivity index (χ0) is 10.3. The first-order chi connectivity index (χ1) is 6.02. The van der Waals surface area contributed by atoms with Gasteiger partial charge in [-0.2, -0.15) is 0 Å². The fourth-order valence-corrected chi connectivity index (χ4v) is 0.800. The second-order valence-corrected chi connectivity index (χ2v) is 3.26. The largest absolute Gasteiger partial charge is 0.391 e. The molecule has 0 fully saturated rings. The van der Waals surface area contributed by atoms with Gasteiger partial charge in [0.05, 0.1) is 19.3 Å². The summed E-state index contributed by atoms with van der Waals surface area (Å²) in [5.74, 6) is 0. The first-order valence-electron chi connectivity index (χ1n) is 4.29. The minimum atomic E-state index is -1.46. The third kappa shape index (κ3) is 9.72. The van der Waals surface area contributed by atoms with E-state index in [0.29, 0.717) is 6.42 Å². The Morgan fingerprint density at radius 3 is 2.23 bits per heavy atom. The Bertz CT molecular complexity index is 119. The van der Waals surface area contributed by atoms with Gasteiger partial charge in [-0.15, -0.1) is 0 Å². The Balaban J connectivity index is 3.25. The molecule has 5 heteroatoms. The van der Waals surface area contributed by atoms with Crippen LogP contribution >= 0.6 is 0 Å². The van der Waals surface area contributed by atoms with Crippen LogP contribution in [0.25, 0.3) is 0 Å². The average molecular weight is 193 g/mol. The topological polar surface area (TPSA) is 73.2 Å². The highest BCUT2D eigenvalue weighted by atomic mass is 16.5. The normalized spacial score (nSPS) is 14.1. The van der Waals surface area contributed by atoms with Crippen LogP contribution in [-0.4, -0.2) is 66.5 Å². The zero-order valence-electron chi connectivity index (χ0n) is 8.18. The summed E-state index contributed by atoms with van der Waals surface area (Å²) in [5, 5.41) is 26.1. The van der Waals surface area contributed by atoms with Gasteiger partial charge < -0.3 is 25.0 Å². The van der Waals surface area contributed by atoms with Crippen LogP contribution in [0.4, 0.5) is 0 Å². The molecule has 0 aromatic heterocycles. The monoisotopic (exact) mass is 193 g/mol. The molecule has 1 atom stereocenters. The maximum atomic E-state index is 9.30. The van der Waals surface area contributed by atoms with Gasteiger partial charge in [-0.05, 0) is 20.5 Å². The van der Waals surface area contributed by atoms with Crippen molar-refractivity contribution in [3.05, 3.63) is 0 Å². The third-order valence-corrected chi connectivity index (χ3v) is 1.49. The van der Waals surface area contributed by atoms with E-state index in [1.165, 1.54) is 0 Å². The Hall–Kier alpha value is -0.200. The smallest absolute Gasteiger partial charge is 0.175 e. The van der Waals surface area contributed by atoms with Gasteiger partial charge in [0.2, 0.25) is 0 Å². The van der Waals surface area contributed by atoms with E-state index >= 15 is 0 Å². The first kappa shape index (κ1) is 12.8. The van der Waals surface area contributed by atoms with Crippen molar-refractivity contribution in [1.29, 1.82) is 0 Å². The summed E-state index contributed by atoms with van der Waals surface area (Å²) < 4.78 is 4.82. The van der Waals surface area contributed by atoms with E-state index in [2.05, 4.69) is 0 Å². The summed E-state index contributed by atoms with van der Waals surface area (Å²) in [6, 6.07) is 0. The second-order valence-electron chi connectivity index (χ2n) is 3.26. The van der Waals surface area contributed by atoms with Crippen molar-refractivity contribution >= 4 is 0 Å². The molecule has 0 heterocycles. The van der Waals surface area contributed by atoms with Crippen LogP contribution < -0.4 is 0 Å². The van der Waals surface area contributed by atoms with E-state index in [0.717, 1.165) is 6.54 Å². The predicted octanol–water partition coefficient (Wildman–Crippen LogP) is -1.37. The Morgan fingerprint density at radius 1 is 1.15 bits per heavy atom. The lowest BCUT2D eigenvalue weighted by Crippen LogP contribution is -2.25. The van der Waals surface area contributed by atoms with E-state index in [-0.39, 0.29) is 13.2 Å². The molecule has 0 aromatic rings. The fourth-order valence-electron chi connectivity index (χ4n) is 0.800. The zero-order valence-corrected chi connectivity index (χ0v) is 8.18. The molecule has 80 valence electrons. The van der Waals surface area contributed by atoms with Crippen LogP contribution in [0.5, 0.6) is 0 Å². The molecular weight excluding hydrogens is 174 g/mol. The van der Waals surface area contributed by atoms with Gasteiger partial charge in [0.15, 0.2) is 6.29 Å². The summed E-state index contributed by atoms with van der Waals surface area (Å²) in [5.41, 5.74) is 0. The molecule has 0 saturated carbocycles. The van der Waals surface area contributed by atoms with Crippen LogP contribution in [0.1, 0.15) is 6.42 Å².